The predicted octanol–water partition coefficient (Wildman–Crippen LogP) is 3.62. The van der Waals surface area contributed by atoms with E-state index in [4.69, 9.17) is 0 Å². The summed E-state index contributed by atoms with van der Waals surface area (Å²) in [6.45, 7) is 1.89. The summed E-state index contributed by atoms with van der Waals surface area (Å²) in [5.41, 5.74) is 1.25. The summed E-state index contributed by atoms with van der Waals surface area (Å²) in [6, 6.07) is 8.76. The summed E-state index contributed by atoms with van der Waals surface area (Å²) in [4.78, 5) is 21.9. The van der Waals surface area contributed by atoms with Gasteiger partial charge >= 0.3 is 5.69 Å². The lowest BCUT2D eigenvalue weighted by Crippen LogP contribution is -2.12. The monoisotopic (exact) mass is 350 g/mol. The van der Waals surface area contributed by atoms with Crippen molar-refractivity contribution in [2.75, 3.05) is 5.32 Å². The van der Waals surface area contributed by atoms with Crippen molar-refractivity contribution >= 4 is 33.2 Å². The maximum Gasteiger partial charge on any atom is 0.310 e. The molecule has 0 atom stereocenters. The maximum absolute atomic E-state index is 12.0. The molecular weight excluding hydrogens is 340 g/mol. The Hall–Kier alpha value is -2.41. The van der Waals surface area contributed by atoms with Gasteiger partial charge in [0.25, 0.3) is 5.91 Å². The molecule has 1 amide bonds. The van der Waals surface area contributed by atoms with Crippen LogP contribution in [-0.2, 0) is 0 Å². The SMILES string of the molecule is Cc1cc(NC(=O)c2ccc([N+](=O)[O-])c(O)c2)ccc1Br. The van der Waals surface area contributed by atoms with Crippen LogP contribution in [0.25, 0.3) is 0 Å². The van der Waals surface area contributed by atoms with E-state index in [9.17, 15) is 20.0 Å². The minimum atomic E-state index is -0.713. The number of amides is 1. The highest BCUT2D eigenvalue weighted by Gasteiger charge is 2.16. The van der Waals surface area contributed by atoms with E-state index >= 15 is 0 Å². The van der Waals surface area contributed by atoms with Crippen molar-refractivity contribution in [2.45, 2.75) is 6.92 Å². The van der Waals surface area contributed by atoms with E-state index in [2.05, 4.69) is 21.2 Å². The van der Waals surface area contributed by atoms with E-state index in [1.54, 1.807) is 18.2 Å². The molecule has 0 aliphatic carbocycles. The molecule has 0 aromatic heterocycles. The second kappa shape index (κ2) is 5.92. The van der Waals surface area contributed by atoms with Crippen molar-refractivity contribution in [3.8, 4) is 5.75 Å². The summed E-state index contributed by atoms with van der Waals surface area (Å²) in [5, 5.41) is 22.8. The lowest BCUT2D eigenvalue weighted by molar-refractivity contribution is -0.385. The molecule has 0 heterocycles. The fourth-order valence-electron chi connectivity index (χ4n) is 1.74. The normalized spacial score (nSPS) is 10.2. The first-order chi connectivity index (χ1) is 9.88. The molecule has 0 saturated heterocycles. The van der Waals surface area contributed by atoms with Crippen molar-refractivity contribution in [3.63, 3.8) is 0 Å². The highest BCUT2D eigenvalue weighted by Crippen LogP contribution is 2.27. The molecule has 2 aromatic carbocycles. The van der Waals surface area contributed by atoms with Crippen molar-refractivity contribution in [1.29, 1.82) is 0 Å². The van der Waals surface area contributed by atoms with Gasteiger partial charge in [-0.3, -0.25) is 14.9 Å². The van der Waals surface area contributed by atoms with Crippen LogP contribution in [0.5, 0.6) is 5.75 Å². The smallest absolute Gasteiger partial charge is 0.310 e. The fourth-order valence-corrected chi connectivity index (χ4v) is 1.99. The average molecular weight is 351 g/mol. The minimum Gasteiger partial charge on any atom is -0.502 e. The van der Waals surface area contributed by atoms with Crippen LogP contribution in [-0.4, -0.2) is 15.9 Å². The fraction of sp³-hybridized carbons (Fsp3) is 0.0714. The van der Waals surface area contributed by atoms with Gasteiger partial charge in [-0.2, -0.15) is 0 Å². The summed E-state index contributed by atoms with van der Waals surface area (Å²) in [6.07, 6.45) is 0. The number of hydrogen-bond donors (Lipinski definition) is 2. The Morgan fingerprint density at radius 3 is 2.57 bits per heavy atom. The lowest BCUT2D eigenvalue weighted by Gasteiger charge is -2.07. The third kappa shape index (κ3) is 3.38. The first kappa shape index (κ1) is 15.0. The molecule has 0 unspecified atom stereocenters. The molecule has 6 nitrogen and oxygen atoms in total. The van der Waals surface area contributed by atoms with E-state index < -0.39 is 22.3 Å². The van der Waals surface area contributed by atoms with Gasteiger partial charge in [0.15, 0.2) is 5.75 Å². The van der Waals surface area contributed by atoms with Crippen LogP contribution in [0, 0.1) is 17.0 Å². The van der Waals surface area contributed by atoms with E-state index in [1.165, 1.54) is 6.07 Å². The molecule has 0 radical (unpaired) electrons. The number of carbonyl (C=O) groups excluding carboxylic acids is 1. The first-order valence-corrected chi connectivity index (χ1v) is 6.72. The van der Waals surface area contributed by atoms with Crippen LogP contribution in [0.1, 0.15) is 15.9 Å². The van der Waals surface area contributed by atoms with Gasteiger partial charge in [-0.05, 0) is 42.8 Å². The Bertz CT molecular complexity index is 731. The third-order valence-electron chi connectivity index (χ3n) is 2.85. The number of phenolic OH excluding ortho intramolecular Hbond substituents is 1. The zero-order valence-corrected chi connectivity index (χ0v) is 12.5. The molecule has 7 heteroatoms. The molecule has 0 spiro atoms. The van der Waals surface area contributed by atoms with Gasteiger partial charge in [0.05, 0.1) is 4.92 Å². The molecule has 0 aliphatic rings. The summed E-state index contributed by atoms with van der Waals surface area (Å²) < 4.78 is 0.925. The van der Waals surface area contributed by atoms with Crippen molar-refractivity contribution in [2.24, 2.45) is 0 Å². The van der Waals surface area contributed by atoms with Gasteiger partial charge in [0.2, 0.25) is 0 Å². The van der Waals surface area contributed by atoms with Gasteiger partial charge in [-0.25, -0.2) is 0 Å². The van der Waals surface area contributed by atoms with E-state index in [-0.39, 0.29) is 5.56 Å². The predicted molar refractivity (Wildman–Crippen MR) is 81.6 cm³/mol. The number of anilines is 1. The van der Waals surface area contributed by atoms with E-state index in [1.807, 2.05) is 6.92 Å². The van der Waals surface area contributed by atoms with Crippen molar-refractivity contribution < 1.29 is 14.8 Å². The van der Waals surface area contributed by atoms with Crippen LogP contribution in [0.3, 0.4) is 0 Å². The molecular formula is C14H11BrN2O4. The van der Waals surface area contributed by atoms with Crippen LogP contribution >= 0.6 is 15.9 Å². The number of halogens is 1. The topological polar surface area (TPSA) is 92.5 Å². The molecule has 0 saturated carbocycles. The second-order valence-electron chi connectivity index (χ2n) is 4.38. The number of nitrogens with one attached hydrogen (secondary N) is 1. The van der Waals surface area contributed by atoms with Gasteiger partial charge < -0.3 is 10.4 Å². The summed E-state index contributed by atoms with van der Waals surface area (Å²) >= 11 is 3.36. The molecule has 0 bridgehead atoms. The highest BCUT2D eigenvalue weighted by atomic mass is 79.9. The molecule has 0 fully saturated rings. The standard InChI is InChI=1S/C14H11BrN2O4/c1-8-6-10(3-4-11(8)15)16-14(19)9-2-5-12(17(20)21)13(18)7-9/h2-7,18H,1H3,(H,16,19). The van der Waals surface area contributed by atoms with Gasteiger partial charge in [0.1, 0.15) is 0 Å². The number of rotatable bonds is 3. The number of aromatic hydroxyl groups is 1. The van der Waals surface area contributed by atoms with Gasteiger partial charge in [-0.15, -0.1) is 0 Å². The van der Waals surface area contributed by atoms with Crippen LogP contribution in [0.2, 0.25) is 0 Å². The van der Waals surface area contributed by atoms with E-state index in [0.717, 1.165) is 22.2 Å². The molecule has 2 N–H and O–H groups in total. The van der Waals surface area contributed by atoms with Crippen molar-refractivity contribution in [1.82, 2.24) is 0 Å². The quantitative estimate of drug-likeness (QED) is 0.652. The van der Waals surface area contributed by atoms with Gasteiger partial charge in [0, 0.05) is 21.8 Å². The minimum absolute atomic E-state index is 0.138. The molecule has 108 valence electrons. The van der Waals surface area contributed by atoms with E-state index in [0.29, 0.717) is 5.69 Å². The molecule has 21 heavy (non-hydrogen) atoms. The summed E-state index contributed by atoms with van der Waals surface area (Å²) in [7, 11) is 0. The third-order valence-corrected chi connectivity index (χ3v) is 3.74. The number of benzene rings is 2. The molecule has 0 aliphatic heterocycles. The largest absolute Gasteiger partial charge is 0.502 e. The molecule has 2 rings (SSSR count). The lowest BCUT2D eigenvalue weighted by atomic mass is 10.1. The average Bonchev–Trinajstić information content (AvgIpc) is 2.42. The maximum atomic E-state index is 12.0. The number of nitro benzene ring substituents is 1. The second-order valence-corrected chi connectivity index (χ2v) is 5.23. The van der Waals surface area contributed by atoms with Crippen LogP contribution < -0.4 is 5.32 Å². The number of carbonyl (C=O) groups is 1. The highest BCUT2D eigenvalue weighted by molar-refractivity contribution is 9.10. The number of phenols is 1. The number of nitrogens with zero attached hydrogens (tertiary/aromatic N) is 1. The number of nitro groups is 1. The van der Waals surface area contributed by atoms with Crippen molar-refractivity contribution in [3.05, 3.63) is 62.1 Å². The Morgan fingerprint density at radius 1 is 1.29 bits per heavy atom. The number of hydrogen-bond acceptors (Lipinski definition) is 4. The van der Waals surface area contributed by atoms with Gasteiger partial charge in [-0.1, -0.05) is 15.9 Å². The zero-order chi connectivity index (χ0) is 15.6. The Labute approximate surface area is 128 Å². The summed E-state index contributed by atoms with van der Waals surface area (Å²) in [5.74, 6) is -0.999. The zero-order valence-electron chi connectivity index (χ0n) is 11.0. The Morgan fingerprint density at radius 2 is 2.00 bits per heavy atom. The Balaban J connectivity index is 2.22. The molecule has 2 aromatic rings. The van der Waals surface area contributed by atoms with Crippen LogP contribution in [0.15, 0.2) is 40.9 Å². The number of aryl methyl sites for hydroxylation is 1. The van der Waals surface area contributed by atoms with Crippen LogP contribution in [0.4, 0.5) is 11.4 Å². The Kier molecular flexibility index (Phi) is 4.23. The first-order valence-electron chi connectivity index (χ1n) is 5.93.